The van der Waals surface area contributed by atoms with Gasteiger partial charge in [-0.2, -0.15) is 5.10 Å². The molecule has 1 aromatic carbocycles. The SMILES string of the molecule is Cc1nn(C)c(NCCOc2ccc(Br)cc2)c1[N+](=O)[O-]. The number of halogens is 1. The molecule has 7 nitrogen and oxygen atoms in total. The molecule has 0 unspecified atom stereocenters. The fraction of sp³-hybridized carbons (Fsp3) is 0.308. The average Bonchev–Trinajstić information content (AvgIpc) is 2.71. The Morgan fingerprint density at radius 2 is 2.10 bits per heavy atom. The average molecular weight is 355 g/mol. The number of nitro groups is 1. The van der Waals surface area contributed by atoms with Crippen molar-refractivity contribution in [1.29, 1.82) is 0 Å². The maximum absolute atomic E-state index is 11.0. The molecule has 0 saturated heterocycles. The Balaban J connectivity index is 1.92. The van der Waals surface area contributed by atoms with Crippen molar-refractivity contribution in [1.82, 2.24) is 9.78 Å². The van der Waals surface area contributed by atoms with E-state index in [0.717, 1.165) is 10.2 Å². The first-order valence-electron chi connectivity index (χ1n) is 6.29. The molecule has 2 aromatic rings. The predicted molar refractivity (Wildman–Crippen MR) is 82.7 cm³/mol. The molecule has 0 aliphatic heterocycles. The smallest absolute Gasteiger partial charge is 0.333 e. The minimum Gasteiger partial charge on any atom is -0.492 e. The van der Waals surface area contributed by atoms with Crippen molar-refractivity contribution in [2.45, 2.75) is 6.92 Å². The molecule has 0 bridgehead atoms. The van der Waals surface area contributed by atoms with E-state index in [-0.39, 0.29) is 5.69 Å². The van der Waals surface area contributed by atoms with Gasteiger partial charge in [0, 0.05) is 11.5 Å². The largest absolute Gasteiger partial charge is 0.492 e. The summed E-state index contributed by atoms with van der Waals surface area (Å²) < 4.78 is 7.99. The molecule has 0 aliphatic rings. The van der Waals surface area contributed by atoms with Gasteiger partial charge in [0.2, 0.25) is 5.82 Å². The zero-order valence-electron chi connectivity index (χ0n) is 11.7. The Morgan fingerprint density at radius 1 is 1.43 bits per heavy atom. The lowest BCUT2D eigenvalue weighted by molar-refractivity contribution is -0.384. The first-order valence-corrected chi connectivity index (χ1v) is 7.08. The van der Waals surface area contributed by atoms with Crippen LogP contribution in [0.1, 0.15) is 5.69 Å². The Morgan fingerprint density at radius 3 is 2.71 bits per heavy atom. The zero-order chi connectivity index (χ0) is 15.4. The molecule has 0 fully saturated rings. The summed E-state index contributed by atoms with van der Waals surface area (Å²) in [6.45, 7) is 2.44. The van der Waals surface area contributed by atoms with Crippen molar-refractivity contribution in [2.24, 2.45) is 7.05 Å². The van der Waals surface area contributed by atoms with Crippen LogP contribution in [0, 0.1) is 17.0 Å². The standard InChI is InChI=1S/C13H15BrN4O3/c1-9-12(18(19)20)13(17(2)16-9)15-7-8-21-11-5-3-10(14)4-6-11/h3-6,15H,7-8H2,1-2H3. The number of hydrogen-bond acceptors (Lipinski definition) is 5. The number of nitrogens with zero attached hydrogens (tertiary/aromatic N) is 3. The van der Waals surface area contributed by atoms with Gasteiger partial charge in [0.05, 0.1) is 11.5 Å². The molecule has 1 aromatic heterocycles. The number of nitrogens with one attached hydrogen (secondary N) is 1. The van der Waals surface area contributed by atoms with Gasteiger partial charge in [-0.25, -0.2) is 4.68 Å². The third-order valence-electron chi connectivity index (χ3n) is 2.85. The highest BCUT2D eigenvalue weighted by atomic mass is 79.9. The minimum atomic E-state index is -0.430. The van der Waals surface area contributed by atoms with E-state index in [9.17, 15) is 10.1 Å². The number of aryl methyl sites for hydroxylation is 2. The fourth-order valence-electron chi connectivity index (χ4n) is 1.93. The number of ether oxygens (including phenoxy) is 1. The van der Waals surface area contributed by atoms with Crippen LogP contribution in [-0.2, 0) is 7.05 Å². The van der Waals surface area contributed by atoms with E-state index in [1.807, 2.05) is 24.3 Å². The van der Waals surface area contributed by atoms with Gasteiger partial charge in [0.15, 0.2) is 0 Å². The Labute approximate surface area is 130 Å². The number of anilines is 1. The van der Waals surface area contributed by atoms with E-state index in [1.165, 1.54) is 4.68 Å². The molecule has 0 atom stereocenters. The number of rotatable bonds is 6. The molecular weight excluding hydrogens is 340 g/mol. The fourth-order valence-corrected chi connectivity index (χ4v) is 2.20. The molecular formula is C13H15BrN4O3. The molecule has 0 spiro atoms. The van der Waals surface area contributed by atoms with Crippen LogP contribution in [0.4, 0.5) is 11.5 Å². The number of benzene rings is 1. The second kappa shape index (κ2) is 6.57. The molecule has 112 valence electrons. The van der Waals surface area contributed by atoms with Crippen LogP contribution in [0.25, 0.3) is 0 Å². The highest BCUT2D eigenvalue weighted by Gasteiger charge is 2.23. The van der Waals surface area contributed by atoms with Crippen molar-refractivity contribution in [2.75, 3.05) is 18.5 Å². The van der Waals surface area contributed by atoms with E-state index >= 15 is 0 Å². The maximum Gasteiger partial charge on any atom is 0.333 e. The van der Waals surface area contributed by atoms with Crippen molar-refractivity contribution in [3.8, 4) is 5.75 Å². The maximum atomic E-state index is 11.0. The summed E-state index contributed by atoms with van der Waals surface area (Å²) >= 11 is 3.35. The van der Waals surface area contributed by atoms with Gasteiger partial charge in [0.25, 0.3) is 0 Å². The van der Waals surface area contributed by atoms with Gasteiger partial charge in [-0.15, -0.1) is 0 Å². The van der Waals surface area contributed by atoms with Crippen LogP contribution < -0.4 is 10.1 Å². The third kappa shape index (κ3) is 3.72. The van der Waals surface area contributed by atoms with Gasteiger partial charge in [-0.3, -0.25) is 10.1 Å². The molecule has 0 saturated carbocycles. The monoisotopic (exact) mass is 354 g/mol. The molecule has 0 amide bonds. The van der Waals surface area contributed by atoms with Gasteiger partial charge in [-0.05, 0) is 31.2 Å². The first-order chi connectivity index (χ1) is 9.99. The van der Waals surface area contributed by atoms with E-state index in [2.05, 4.69) is 26.3 Å². The summed E-state index contributed by atoms with van der Waals surface area (Å²) in [5, 5.41) is 18.1. The Bertz CT molecular complexity index is 640. The van der Waals surface area contributed by atoms with Crippen LogP contribution >= 0.6 is 15.9 Å². The highest BCUT2D eigenvalue weighted by Crippen LogP contribution is 2.26. The second-order valence-electron chi connectivity index (χ2n) is 4.39. The Kier molecular flexibility index (Phi) is 4.79. The summed E-state index contributed by atoms with van der Waals surface area (Å²) in [5.41, 5.74) is 0.389. The van der Waals surface area contributed by atoms with Crippen molar-refractivity contribution < 1.29 is 9.66 Å². The second-order valence-corrected chi connectivity index (χ2v) is 5.31. The van der Waals surface area contributed by atoms with E-state index in [0.29, 0.717) is 24.7 Å². The van der Waals surface area contributed by atoms with Crippen molar-refractivity contribution in [3.05, 3.63) is 44.5 Å². The Hall–Kier alpha value is -2.09. The van der Waals surface area contributed by atoms with Gasteiger partial charge >= 0.3 is 5.69 Å². The van der Waals surface area contributed by atoms with Crippen LogP contribution in [0.2, 0.25) is 0 Å². The van der Waals surface area contributed by atoms with Crippen LogP contribution in [0.15, 0.2) is 28.7 Å². The van der Waals surface area contributed by atoms with Crippen molar-refractivity contribution in [3.63, 3.8) is 0 Å². The van der Waals surface area contributed by atoms with Gasteiger partial charge in [-0.1, -0.05) is 15.9 Å². The molecule has 1 heterocycles. The van der Waals surface area contributed by atoms with E-state index < -0.39 is 4.92 Å². The third-order valence-corrected chi connectivity index (χ3v) is 3.38. The lowest BCUT2D eigenvalue weighted by atomic mass is 10.3. The minimum absolute atomic E-state index is 0.00106. The summed E-state index contributed by atoms with van der Waals surface area (Å²) in [4.78, 5) is 10.6. The lowest BCUT2D eigenvalue weighted by Crippen LogP contribution is -2.14. The number of hydrogen-bond donors (Lipinski definition) is 1. The van der Waals surface area contributed by atoms with E-state index in [4.69, 9.17) is 4.74 Å². The molecule has 8 heteroatoms. The van der Waals surface area contributed by atoms with Gasteiger partial charge in [0.1, 0.15) is 18.1 Å². The highest BCUT2D eigenvalue weighted by molar-refractivity contribution is 9.10. The van der Waals surface area contributed by atoms with E-state index in [1.54, 1.807) is 14.0 Å². The van der Waals surface area contributed by atoms with Gasteiger partial charge < -0.3 is 10.1 Å². The molecule has 0 aliphatic carbocycles. The summed E-state index contributed by atoms with van der Waals surface area (Å²) in [7, 11) is 1.66. The van der Waals surface area contributed by atoms with Crippen LogP contribution in [-0.4, -0.2) is 27.9 Å². The summed E-state index contributed by atoms with van der Waals surface area (Å²) in [6, 6.07) is 7.47. The normalized spacial score (nSPS) is 10.4. The molecule has 2 rings (SSSR count). The number of aromatic nitrogens is 2. The molecule has 1 N–H and O–H groups in total. The molecule has 0 radical (unpaired) electrons. The first kappa shape index (κ1) is 15.3. The van der Waals surface area contributed by atoms with Crippen LogP contribution in [0.5, 0.6) is 5.75 Å². The lowest BCUT2D eigenvalue weighted by Gasteiger charge is -2.08. The summed E-state index contributed by atoms with van der Waals surface area (Å²) in [5.74, 6) is 1.13. The topological polar surface area (TPSA) is 82.2 Å². The quantitative estimate of drug-likeness (QED) is 0.490. The van der Waals surface area contributed by atoms with Crippen LogP contribution in [0.3, 0.4) is 0 Å². The molecule has 21 heavy (non-hydrogen) atoms. The predicted octanol–water partition coefficient (Wildman–Crippen LogP) is 2.89. The van der Waals surface area contributed by atoms with Crippen molar-refractivity contribution >= 4 is 27.4 Å². The zero-order valence-corrected chi connectivity index (χ0v) is 13.3. The summed E-state index contributed by atoms with van der Waals surface area (Å²) in [6.07, 6.45) is 0.